The maximum absolute atomic E-state index is 11.8. The number of anilines is 1. The molecule has 1 atom stereocenters. The van der Waals surface area contributed by atoms with Gasteiger partial charge in [-0.2, -0.15) is 0 Å². The summed E-state index contributed by atoms with van der Waals surface area (Å²) in [6, 6.07) is 3.21. The van der Waals surface area contributed by atoms with Crippen molar-refractivity contribution in [3.05, 3.63) is 34.9 Å². The molecule has 7 heteroatoms. The molecule has 0 aliphatic heterocycles. The van der Waals surface area contributed by atoms with Gasteiger partial charge < -0.3 is 15.4 Å². The van der Waals surface area contributed by atoms with Crippen LogP contribution in [0.3, 0.4) is 0 Å². The minimum absolute atomic E-state index is 0.189. The zero-order valence-corrected chi connectivity index (χ0v) is 12.8. The Hall–Kier alpha value is -2.15. The molecular formula is C14H18N4O2S. The van der Waals surface area contributed by atoms with E-state index in [1.807, 2.05) is 19.2 Å². The zero-order valence-electron chi connectivity index (χ0n) is 12.0. The molecule has 2 aromatic rings. The summed E-state index contributed by atoms with van der Waals surface area (Å²) < 4.78 is 5.24. The number of thiazole rings is 1. The Labute approximate surface area is 127 Å². The summed E-state index contributed by atoms with van der Waals surface area (Å²) in [5.41, 5.74) is 0.623. The smallest absolute Gasteiger partial charge is 0.319 e. The van der Waals surface area contributed by atoms with Crippen molar-refractivity contribution < 1.29 is 9.53 Å². The number of hydrogen-bond donors (Lipinski definition) is 2. The lowest BCUT2D eigenvalue weighted by molar-refractivity contribution is 0.251. The molecule has 0 radical (unpaired) electrons. The Morgan fingerprint density at radius 1 is 1.43 bits per heavy atom. The molecule has 112 valence electrons. The first-order valence-corrected chi connectivity index (χ1v) is 7.60. The van der Waals surface area contributed by atoms with Gasteiger partial charge >= 0.3 is 6.03 Å². The van der Waals surface area contributed by atoms with Gasteiger partial charge in [0.15, 0.2) is 0 Å². The van der Waals surface area contributed by atoms with E-state index in [-0.39, 0.29) is 11.9 Å². The van der Waals surface area contributed by atoms with Crippen LogP contribution in [0.4, 0.5) is 10.5 Å². The van der Waals surface area contributed by atoms with Crippen molar-refractivity contribution in [2.24, 2.45) is 0 Å². The molecule has 0 saturated heterocycles. The van der Waals surface area contributed by atoms with Crippen LogP contribution < -0.4 is 15.4 Å². The number of amides is 2. The molecular weight excluding hydrogens is 288 g/mol. The fraction of sp³-hybridized carbons (Fsp3) is 0.357. The third-order valence-corrected chi connectivity index (χ3v) is 3.74. The molecule has 0 spiro atoms. The number of carbonyl (C=O) groups excluding carboxylic acids is 1. The molecule has 2 rings (SSSR count). The Morgan fingerprint density at radius 3 is 2.90 bits per heavy atom. The first-order valence-electron chi connectivity index (χ1n) is 6.72. The minimum atomic E-state index is -0.260. The number of urea groups is 1. The van der Waals surface area contributed by atoms with Crippen LogP contribution in [0.25, 0.3) is 0 Å². The van der Waals surface area contributed by atoms with Crippen molar-refractivity contribution >= 4 is 23.1 Å². The van der Waals surface area contributed by atoms with E-state index in [0.717, 1.165) is 5.01 Å². The summed E-state index contributed by atoms with van der Waals surface area (Å²) in [5.74, 6) is 0.732. The van der Waals surface area contributed by atoms with E-state index >= 15 is 0 Å². The summed E-state index contributed by atoms with van der Waals surface area (Å²) in [4.78, 5) is 20.1. The predicted octanol–water partition coefficient (Wildman–Crippen LogP) is 2.86. The molecule has 0 aromatic carbocycles. The van der Waals surface area contributed by atoms with E-state index in [1.54, 1.807) is 35.9 Å². The van der Waals surface area contributed by atoms with E-state index in [4.69, 9.17) is 4.74 Å². The van der Waals surface area contributed by atoms with E-state index in [9.17, 15) is 4.79 Å². The minimum Gasteiger partial charge on any atom is -0.478 e. The summed E-state index contributed by atoms with van der Waals surface area (Å²) in [6.07, 6.45) is 3.33. The zero-order chi connectivity index (χ0) is 15.1. The lowest BCUT2D eigenvalue weighted by Crippen LogP contribution is -2.31. The van der Waals surface area contributed by atoms with Gasteiger partial charge in [0, 0.05) is 30.1 Å². The maximum Gasteiger partial charge on any atom is 0.319 e. The largest absolute Gasteiger partial charge is 0.478 e. The third kappa shape index (κ3) is 4.71. The van der Waals surface area contributed by atoms with Crippen LogP contribution in [0.5, 0.6) is 5.88 Å². The number of aromatic nitrogens is 2. The van der Waals surface area contributed by atoms with Gasteiger partial charge in [0.25, 0.3) is 0 Å². The van der Waals surface area contributed by atoms with Gasteiger partial charge in [-0.05, 0) is 13.0 Å². The van der Waals surface area contributed by atoms with Crippen LogP contribution >= 0.6 is 11.3 Å². The number of ether oxygens (including phenoxy) is 1. The second-order valence-corrected chi connectivity index (χ2v) is 5.35. The molecule has 2 aromatic heterocycles. The highest BCUT2D eigenvalue weighted by atomic mass is 32.1. The SMILES string of the molecule is CCOc1ccc(NC(=O)NC[C@@H](C)c2nccs2)cn1. The van der Waals surface area contributed by atoms with Gasteiger partial charge in [0.1, 0.15) is 0 Å². The predicted molar refractivity (Wildman–Crippen MR) is 83.0 cm³/mol. The number of carbonyl (C=O) groups is 1. The fourth-order valence-corrected chi connectivity index (χ4v) is 2.37. The third-order valence-electron chi connectivity index (χ3n) is 2.73. The highest BCUT2D eigenvalue weighted by Gasteiger charge is 2.10. The van der Waals surface area contributed by atoms with Crippen molar-refractivity contribution in [1.82, 2.24) is 15.3 Å². The summed E-state index contributed by atoms with van der Waals surface area (Å²) >= 11 is 1.59. The van der Waals surface area contributed by atoms with Crippen molar-refractivity contribution in [1.29, 1.82) is 0 Å². The molecule has 2 amide bonds. The van der Waals surface area contributed by atoms with Crippen LogP contribution in [0, 0.1) is 0 Å². The first-order chi connectivity index (χ1) is 10.2. The quantitative estimate of drug-likeness (QED) is 0.860. The van der Waals surface area contributed by atoms with Gasteiger partial charge in [0.05, 0.1) is 23.5 Å². The number of pyridine rings is 1. The number of nitrogens with zero attached hydrogens (tertiary/aromatic N) is 2. The Morgan fingerprint density at radius 2 is 2.29 bits per heavy atom. The second kappa shape index (κ2) is 7.58. The van der Waals surface area contributed by atoms with Crippen LogP contribution in [-0.4, -0.2) is 29.2 Å². The Kier molecular flexibility index (Phi) is 5.51. The molecule has 21 heavy (non-hydrogen) atoms. The topological polar surface area (TPSA) is 76.1 Å². The molecule has 0 fully saturated rings. The van der Waals surface area contributed by atoms with Crippen LogP contribution in [0.2, 0.25) is 0 Å². The van der Waals surface area contributed by atoms with Crippen molar-refractivity contribution in [2.45, 2.75) is 19.8 Å². The standard InChI is InChI=1S/C14H18N4O2S/c1-3-20-12-5-4-11(9-16-12)18-14(19)17-8-10(2)13-15-6-7-21-13/h4-7,9-10H,3,8H2,1-2H3,(H2,17,18,19)/t10-/m1/s1. The van der Waals surface area contributed by atoms with Gasteiger partial charge in [-0.1, -0.05) is 6.92 Å². The molecule has 0 unspecified atom stereocenters. The highest BCUT2D eigenvalue weighted by molar-refractivity contribution is 7.09. The van der Waals surface area contributed by atoms with E-state index in [2.05, 4.69) is 20.6 Å². The summed E-state index contributed by atoms with van der Waals surface area (Å²) in [5, 5.41) is 8.48. The highest BCUT2D eigenvalue weighted by Crippen LogP contribution is 2.16. The average Bonchev–Trinajstić information content (AvgIpc) is 3.01. The molecule has 0 aliphatic carbocycles. The van der Waals surface area contributed by atoms with E-state index < -0.39 is 0 Å². The average molecular weight is 306 g/mol. The van der Waals surface area contributed by atoms with Gasteiger partial charge in [-0.15, -0.1) is 11.3 Å². The first kappa shape index (κ1) is 15.2. The fourth-order valence-electron chi connectivity index (χ4n) is 1.67. The van der Waals surface area contributed by atoms with Crippen molar-refractivity contribution in [3.63, 3.8) is 0 Å². The lowest BCUT2D eigenvalue weighted by Gasteiger charge is -2.11. The van der Waals surface area contributed by atoms with Gasteiger partial charge in [-0.25, -0.2) is 14.8 Å². The van der Waals surface area contributed by atoms with Crippen LogP contribution in [-0.2, 0) is 0 Å². The molecule has 0 saturated carbocycles. The van der Waals surface area contributed by atoms with Crippen LogP contribution in [0.15, 0.2) is 29.9 Å². The summed E-state index contributed by atoms with van der Waals surface area (Å²) in [6.45, 7) is 5.02. The van der Waals surface area contributed by atoms with Crippen molar-refractivity contribution in [3.8, 4) is 5.88 Å². The molecule has 0 bridgehead atoms. The van der Waals surface area contributed by atoms with E-state index in [0.29, 0.717) is 24.7 Å². The van der Waals surface area contributed by atoms with Gasteiger partial charge in [0.2, 0.25) is 5.88 Å². The van der Waals surface area contributed by atoms with Crippen LogP contribution in [0.1, 0.15) is 24.8 Å². The Balaban J connectivity index is 1.78. The molecule has 2 N–H and O–H groups in total. The number of hydrogen-bond acceptors (Lipinski definition) is 5. The molecule has 6 nitrogen and oxygen atoms in total. The van der Waals surface area contributed by atoms with Gasteiger partial charge in [-0.3, -0.25) is 0 Å². The lowest BCUT2D eigenvalue weighted by atomic mass is 10.2. The molecule has 2 heterocycles. The summed E-state index contributed by atoms with van der Waals surface area (Å²) in [7, 11) is 0. The second-order valence-electron chi connectivity index (χ2n) is 4.42. The monoisotopic (exact) mass is 306 g/mol. The number of nitrogens with one attached hydrogen (secondary N) is 2. The van der Waals surface area contributed by atoms with Crippen molar-refractivity contribution in [2.75, 3.05) is 18.5 Å². The van der Waals surface area contributed by atoms with E-state index in [1.165, 1.54) is 0 Å². The normalized spacial score (nSPS) is 11.7. The molecule has 0 aliphatic rings. The Bertz CT molecular complexity index is 557. The maximum atomic E-state index is 11.8. The number of rotatable bonds is 6.